The van der Waals surface area contributed by atoms with Gasteiger partial charge in [0.2, 0.25) is 0 Å². The van der Waals surface area contributed by atoms with E-state index in [0.29, 0.717) is 11.4 Å². The summed E-state index contributed by atoms with van der Waals surface area (Å²) in [6.07, 6.45) is 3.52. The Kier molecular flexibility index (Phi) is 3.05. The Morgan fingerprint density at radius 2 is 2.16 bits per heavy atom. The van der Waals surface area contributed by atoms with Gasteiger partial charge in [0.15, 0.2) is 4.77 Å². The molecule has 0 saturated heterocycles. The quantitative estimate of drug-likeness (QED) is 0.742. The summed E-state index contributed by atoms with van der Waals surface area (Å²) >= 11 is 5.40. The number of aromatic nitrogens is 3. The Labute approximate surface area is 115 Å². The highest BCUT2D eigenvalue weighted by molar-refractivity contribution is 7.71. The lowest BCUT2D eigenvalue weighted by Crippen LogP contribution is -2.00. The fourth-order valence-corrected chi connectivity index (χ4v) is 2.42. The van der Waals surface area contributed by atoms with E-state index in [-0.39, 0.29) is 0 Å². The van der Waals surface area contributed by atoms with Gasteiger partial charge < -0.3 is 9.72 Å². The van der Waals surface area contributed by atoms with Crippen molar-refractivity contribution in [1.82, 2.24) is 14.5 Å². The number of hydrogen-bond donors (Lipinski definition) is 1. The first-order valence-corrected chi connectivity index (χ1v) is 6.49. The summed E-state index contributed by atoms with van der Waals surface area (Å²) in [4.78, 5) is 7.25. The number of H-pyrrole nitrogens is 1. The number of nitrogens with zero attached hydrogens (tertiary/aromatic N) is 2. The molecule has 0 amide bonds. The summed E-state index contributed by atoms with van der Waals surface area (Å²) in [5, 5.41) is 0. The van der Waals surface area contributed by atoms with Gasteiger partial charge >= 0.3 is 0 Å². The summed E-state index contributed by atoms with van der Waals surface area (Å²) in [7, 11) is 0. The second kappa shape index (κ2) is 4.85. The highest BCUT2D eigenvalue weighted by Gasteiger charge is 2.10. The van der Waals surface area contributed by atoms with Crippen molar-refractivity contribution in [3.05, 3.63) is 47.5 Å². The van der Waals surface area contributed by atoms with Gasteiger partial charge in [-0.25, -0.2) is 0 Å². The van der Waals surface area contributed by atoms with Gasteiger partial charge in [0.1, 0.15) is 5.75 Å². The number of fused-ring (bicyclic) bond motifs is 1. The molecule has 1 N–H and O–H groups in total. The maximum Gasteiger partial charge on any atom is 0.182 e. The van der Waals surface area contributed by atoms with Gasteiger partial charge in [0.05, 0.1) is 29.5 Å². The third-order valence-corrected chi connectivity index (χ3v) is 3.17. The monoisotopic (exact) mass is 271 g/mol. The lowest BCUT2D eigenvalue weighted by Gasteiger charge is -2.11. The second-order valence-electron chi connectivity index (χ2n) is 4.06. The minimum absolute atomic E-state index is 0.619. The van der Waals surface area contributed by atoms with E-state index in [1.165, 1.54) is 0 Å². The zero-order chi connectivity index (χ0) is 13.2. The molecule has 2 heterocycles. The van der Waals surface area contributed by atoms with E-state index in [1.807, 2.05) is 41.8 Å². The molecule has 0 saturated carbocycles. The minimum atomic E-state index is 0.619. The van der Waals surface area contributed by atoms with Crippen molar-refractivity contribution in [3.63, 3.8) is 0 Å². The number of nitrogens with one attached hydrogen (secondary N) is 1. The number of pyridine rings is 1. The first kappa shape index (κ1) is 11.9. The van der Waals surface area contributed by atoms with Crippen LogP contribution in [0.15, 0.2) is 42.7 Å². The molecule has 0 bridgehead atoms. The highest BCUT2D eigenvalue weighted by Crippen LogP contribution is 2.26. The van der Waals surface area contributed by atoms with Gasteiger partial charge in [-0.05, 0) is 37.3 Å². The fraction of sp³-hybridized carbons (Fsp3) is 0.143. The minimum Gasteiger partial charge on any atom is -0.492 e. The van der Waals surface area contributed by atoms with Crippen LogP contribution in [0.5, 0.6) is 5.75 Å². The number of hydrogen-bond acceptors (Lipinski definition) is 3. The molecular formula is C14H13N3OS. The molecule has 0 aliphatic rings. The summed E-state index contributed by atoms with van der Waals surface area (Å²) < 4.78 is 8.27. The lowest BCUT2D eigenvalue weighted by atomic mass is 10.3. The molecule has 5 heteroatoms. The normalized spacial score (nSPS) is 10.8. The molecule has 2 aromatic heterocycles. The maximum atomic E-state index is 5.67. The van der Waals surface area contributed by atoms with Crippen LogP contribution in [0.2, 0.25) is 0 Å². The Morgan fingerprint density at radius 1 is 1.32 bits per heavy atom. The van der Waals surface area contributed by atoms with Gasteiger partial charge in [-0.1, -0.05) is 12.1 Å². The van der Waals surface area contributed by atoms with Gasteiger partial charge in [-0.15, -0.1) is 0 Å². The first-order chi connectivity index (χ1) is 9.31. The number of benzene rings is 1. The number of ether oxygens (including phenoxy) is 1. The Morgan fingerprint density at radius 3 is 3.00 bits per heavy atom. The van der Waals surface area contributed by atoms with E-state index in [4.69, 9.17) is 17.0 Å². The second-order valence-corrected chi connectivity index (χ2v) is 4.45. The van der Waals surface area contributed by atoms with Crippen LogP contribution >= 0.6 is 12.2 Å². The average Bonchev–Trinajstić information content (AvgIpc) is 2.76. The van der Waals surface area contributed by atoms with Crippen molar-refractivity contribution in [2.75, 3.05) is 6.61 Å². The molecule has 96 valence electrons. The Bertz CT molecular complexity index is 775. The number of aromatic amines is 1. The molecule has 0 spiro atoms. The zero-order valence-electron chi connectivity index (χ0n) is 10.5. The summed E-state index contributed by atoms with van der Waals surface area (Å²) in [6, 6.07) is 9.80. The summed E-state index contributed by atoms with van der Waals surface area (Å²) in [6.45, 7) is 2.59. The molecule has 0 atom stereocenters. The predicted molar refractivity (Wildman–Crippen MR) is 77.4 cm³/mol. The van der Waals surface area contributed by atoms with E-state index in [9.17, 15) is 0 Å². The van der Waals surface area contributed by atoms with Crippen molar-refractivity contribution < 1.29 is 4.74 Å². The third kappa shape index (κ3) is 2.02. The summed E-state index contributed by atoms with van der Waals surface area (Å²) in [5.41, 5.74) is 2.85. The van der Waals surface area contributed by atoms with Gasteiger partial charge in [0.25, 0.3) is 0 Å². The van der Waals surface area contributed by atoms with Crippen LogP contribution < -0.4 is 4.74 Å². The standard InChI is InChI=1S/C14H13N3OS/c1-2-18-13-6-4-3-5-12(13)17-11-7-8-15-9-10(11)16-14(17)19/h3-9H,2H2,1H3,(H,16,19). The van der Waals surface area contributed by atoms with E-state index in [0.717, 1.165) is 22.5 Å². The summed E-state index contributed by atoms with van der Waals surface area (Å²) in [5.74, 6) is 0.818. The molecule has 0 fully saturated rings. The van der Waals surface area contributed by atoms with Crippen molar-refractivity contribution in [2.45, 2.75) is 6.92 Å². The Hall–Kier alpha value is -2.14. The number of para-hydroxylation sites is 2. The van der Waals surface area contributed by atoms with Gasteiger partial charge in [-0.2, -0.15) is 0 Å². The van der Waals surface area contributed by atoms with Crippen LogP contribution in [0, 0.1) is 4.77 Å². The van der Waals surface area contributed by atoms with Crippen LogP contribution in [0.25, 0.3) is 16.7 Å². The zero-order valence-corrected chi connectivity index (χ0v) is 11.3. The van der Waals surface area contributed by atoms with Crippen molar-refractivity contribution in [2.24, 2.45) is 0 Å². The molecule has 4 nitrogen and oxygen atoms in total. The van der Waals surface area contributed by atoms with Crippen molar-refractivity contribution >= 4 is 23.3 Å². The number of imidazole rings is 1. The molecule has 3 aromatic rings. The van der Waals surface area contributed by atoms with E-state index < -0.39 is 0 Å². The topological polar surface area (TPSA) is 42.8 Å². The molecular weight excluding hydrogens is 258 g/mol. The molecule has 0 aliphatic carbocycles. The molecule has 3 rings (SSSR count). The molecule has 0 aliphatic heterocycles. The highest BCUT2D eigenvalue weighted by atomic mass is 32.1. The predicted octanol–water partition coefficient (Wildman–Crippen LogP) is 3.48. The number of rotatable bonds is 3. The molecule has 1 aromatic carbocycles. The molecule has 0 radical (unpaired) electrons. The van der Waals surface area contributed by atoms with Crippen LogP contribution in [0.3, 0.4) is 0 Å². The van der Waals surface area contributed by atoms with Gasteiger partial charge in [-0.3, -0.25) is 9.55 Å². The fourth-order valence-electron chi connectivity index (χ4n) is 2.12. The molecule has 19 heavy (non-hydrogen) atoms. The maximum absolute atomic E-state index is 5.67. The van der Waals surface area contributed by atoms with Crippen molar-refractivity contribution in [1.29, 1.82) is 0 Å². The SMILES string of the molecule is CCOc1ccccc1-n1c(=S)[nH]c2cnccc21. The van der Waals surface area contributed by atoms with E-state index in [2.05, 4.69) is 9.97 Å². The smallest absolute Gasteiger partial charge is 0.182 e. The van der Waals surface area contributed by atoms with E-state index in [1.54, 1.807) is 12.4 Å². The lowest BCUT2D eigenvalue weighted by molar-refractivity contribution is 0.339. The van der Waals surface area contributed by atoms with Crippen LogP contribution in [0.4, 0.5) is 0 Å². The third-order valence-electron chi connectivity index (χ3n) is 2.89. The molecule has 0 unspecified atom stereocenters. The van der Waals surface area contributed by atoms with Crippen molar-refractivity contribution in [3.8, 4) is 11.4 Å². The first-order valence-electron chi connectivity index (χ1n) is 6.08. The van der Waals surface area contributed by atoms with Gasteiger partial charge in [0, 0.05) is 6.20 Å². The Balaban J connectivity index is 2.30. The van der Waals surface area contributed by atoms with Crippen LogP contribution in [-0.4, -0.2) is 21.1 Å². The van der Waals surface area contributed by atoms with E-state index >= 15 is 0 Å². The largest absolute Gasteiger partial charge is 0.492 e. The average molecular weight is 271 g/mol. The van der Waals surface area contributed by atoms with Crippen LogP contribution in [0.1, 0.15) is 6.92 Å². The van der Waals surface area contributed by atoms with Crippen LogP contribution in [-0.2, 0) is 0 Å².